The van der Waals surface area contributed by atoms with Crippen LogP contribution in [-0.4, -0.2) is 35.4 Å². The molecule has 0 unspecified atom stereocenters. The first-order valence-corrected chi connectivity index (χ1v) is 6.97. The Bertz CT molecular complexity index is 472. The van der Waals surface area contributed by atoms with Crippen molar-refractivity contribution >= 4 is 17.4 Å². The molecular weight excluding hydrogens is 240 g/mol. The molecule has 5 nitrogen and oxygen atoms in total. The average molecular weight is 260 g/mol. The number of amides is 1. The first kappa shape index (κ1) is 12.3. The summed E-state index contributed by atoms with van der Waals surface area (Å²) in [4.78, 5) is 18.0. The van der Waals surface area contributed by atoms with Gasteiger partial charge >= 0.3 is 0 Å². The molecule has 102 valence electrons. The summed E-state index contributed by atoms with van der Waals surface area (Å²) in [5.74, 6) is 1.75. The number of carbonyl (C=O) groups is 1. The number of carbonyl (C=O) groups excluding carboxylic acids is 1. The van der Waals surface area contributed by atoms with Gasteiger partial charge in [-0.1, -0.05) is 0 Å². The minimum absolute atomic E-state index is 0.334. The van der Waals surface area contributed by atoms with Gasteiger partial charge in [0.1, 0.15) is 5.82 Å². The summed E-state index contributed by atoms with van der Waals surface area (Å²) in [7, 11) is 0. The molecule has 1 aromatic heterocycles. The summed E-state index contributed by atoms with van der Waals surface area (Å²) in [5.41, 5.74) is 6.67. The molecule has 0 spiro atoms. The Hall–Kier alpha value is -1.78. The van der Waals surface area contributed by atoms with Crippen LogP contribution >= 0.6 is 0 Å². The Morgan fingerprint density at radius 3 is 3.05 bits per heavy atom. The molecule has 1 atom stereocenters. The molecule has 1 saturated heterocycles. The molecule has 1 aliphatic heterocycles. The minimum atomic E-state index is 0.334. The fourth-order valence-electron chi connectivity index (χ4n) is 2.61. The highest BCUT2D eigenvalue weighted by molar-refractivity contribution is 5.81. The van der Waals surface area contributed by atoms with Crippen molar-refractivity contribution in [3.05, 3.63) is 18.3 Å². The number of aromatic nitrogens is 1. The first-order valence-electron chi connectivity index (χ1n) is 6.97. The third-order valence-corrected chi connectivity index (χ3v) is 3.94. The standard InChI is InChI=1S/C14H20N4O/c15-13-12(2-1-6-16-13)17-8-10-5-7-18(9-10)14(19)11-3-4-11/h1-2,6,10-11,17H,3-5,7-9H2,(H2,15,16)/t10-/m0/s1. The van der Waals surface area contributed by atoms with Crippen LogP contribution in [0.3, 0.4) is 0 Å². The van der Waals surface area contributed by atoms with Gasteiger partial charge in [-0.15, -0.1) is 0 Å². The molecule has 2 fully saturated rings. The monoisotopic (exact) mass is 260 g/mol. The average Bonchev–Trinajstić information content (AvgIpc) is 3.16. The van der Waals surface area contributed by atoms with Gasteiger partial charge in [-0.2, -0.15) is 0 Å². The fourth-order valence-corrected chi connectivity index (χ4v) is 2.61. The summed E-state index contributed by atoms with van der Waals surface area (Å²) in [6.07, 6.45) is 4.94. The summed E-state index contributed by atoms with van der Waals surface area (Å²) in [5, 5.41) is 3.33. The van der Waals surface area contributed by atoms with E-state index >= 15 is 0 Å². The molecule has 2 heterocycles. The van der Waals surface area contributed by atoms with Crippen LogP contribution in [-0.2, 0) is 4.79 Å². The number of rotatable bonds is 4. The zero-order chi connectivity index (χ0) is 13.2. The van der Waals surface area contributed by atoms with Gasteiger partial charge < -0.3 is 16.0 Å². The Morgan fingerprint density at radius 2 is 2.32 bits per heavy atom. The highest BCUT2D eigenvalue weighted by Gasteiger charge is 2.36. The fraction of sp³-hybridized carbons (Fsp3) is 0.571. The lowest BCUT2D eigenvalue weighted by Gasteiger charge is -2.17. The van der Waals surface area contributed by atoms with E-state index in [0.29, 0.717) is 23.6 Å². The lowest BCUT2D eigenvalue weighted by molar-refractivity contribution is -0.131. The molecule has 19 heavy (non-hydrogen) atoms. The molecule has 1 aromatic rings. The predicted octanol–water partition coefficient (Wildman–Crippen LogP) is 1.33. The van der Waals surface area contributed by atoms with Crippen molar-refractivity contribution in [3.63, 3.8) is 0 Å². The molecule has 1 amide bonds. The van der Waals surface area contributed by atoms with Crippen LogP contribution in [0.4, 0.5) is 11.5 Å². The maximum absolute atomic E-state index is 12.0. The second kappa shape index (κ2) is 5.07. The van der Waals surface area contributed by atoms with Crippen LogP contribution in [0.15, 0.2) is 18.3 Å². The van der Waals surface area contributed by atoms with Crippen LogP contribution < -0.4 is 11.1 Å². The maximum Gasteiger partial charge on any atom is 0.225 e. The van der Waals surface area contributed by atoms with E-state index in [4.69, 9.17) is 5.73 Å². The van der Waals surface area contributed by atoms with Crippen molar-refractivity contribution in [2.75, 3.05) is 30.7 Å². The molecule has 5 heteroatoms. The largest absolute Gasteiger partial charge is 0.382 e. The smallest absolute Gasteiger partial charge is 0.225 e. The van der Waals surface area contributed by atoms with Gasteiger partial charge in [0.25, 0.3) is 0 Å². The molecule has 0 radical (unpaired) electrons. The topological polar surface area (TPSA) is 71.2 Å². The molecular formula is C14H20N4O. The van der Waals surface area contributed by atoms with Crippen LogP contribution in [0.1, 0.15) is 19.3 Å². The van der Waals surface area contributed by atoms with Crippen LogP contribution in [0, 0.1) is 11.8 Å². The van der Waals surface area contributed by atoms with Crippen molar-refractivity contribution in [3.8, 4) is 0 Å². The maximum atomic E-state index is 12.0. The second-order valence-corrected chi connectivity index (χ2v) is 5.53. The zero-order valence-corrected chi connectivity index (χ0v) is 11.0. The summed E-state index contributed by atoms with van der Waals surface area (Å²) >= 11 is 0. The van der Waals surface area contributed by atoms with E-state index < -0.39 is 0 Å². The number of nitrogens with one attached hydrogen (secondary N) is 1. The number of hydrogen-bond donors (Lipinski definition) is 2. The normalized spacial score (nSPS) is 22.5. The molecule has 2 aliphatic rings. The molecule has 1 saturated carbocycles. The van der Waals surface area contributed by atoms with E-state index in [1.165, 1.54) is 0 Å². The molecule has 1 aliphatic carbocycles. The highest BCUT2D eigenvalue weighted by atomic mass is 16.2. The van der Waals surface area contributed by atoms with Gasteiger partial charge in [0.15, 0.2) is 0 Å². The van der Waals surface area contributed by atoms with E-state index in [9.17, 15) is 4.79 Å². The van der Waals surface area contributed by atoms with Gasteiger partial charge in [-0.3, -0.25) is 4.79 Å². The van der Waals surface area contributed by atoms with E-state index in [2.05, 4.69) is 10.3 Å². The third-order valence-electron chi connectivity index (χ3n) is 3.94. The number of likely N-dealkylation sites (tertiary alicyclic amines) is 1. The van der Waals surface area contributed by atoms with Crippen molar-refractivity contribution in [1.29, 1.82) is 0 Å². The number of hydrogen-bond acceptors (Lipinski definition) is 4. The SMILES string of the molecule is Nc1ncccc1NC[C@@H]1CCN(C(=O)C2CC2)C1. The number of anilines is 2. The molecule has 3 rings (SSSR count). The second-order valence-electron chi connectivity index (χ2n) is 5.53. The van der Waals surface area contributed by atoms with Crippen molar-refractivity contribution in [1.82, 2.24) is 9.88 Å². The van der Waals surface area contributed by atoms with E-state index in [0.717, 1.165) is 44.6 Å². The van der Waals surface area contributed by atoms with Gasteiger partial charge in [-0.05, 0) is 37.3 Å². The minimum Gasteiger partial charge on any atom is -0.382 e. The predicted molar refractivity (Wildman–Crippen MR) is 74.6 cm³/mol. The van der Waals surface area contributed by atoms with Gasteiger partial charge in [0, 0.05) is 31.7 Å². The number of nitrogen functional groups attached to an aromatic ring is 1. The number of nitrogens with zero attached hydrogens (tertiary/aromatic N) is 2. The Labute approximate surface area is 113 Å². The first-order chi connectivity index (χ1) is 9.24. The summed E-state index contributed by atoms with van der Waals surface area (Å²) in [6, 6.07) is 3.81. The van der Waals surface area contributed by atoms with Crippen LogP contribution in [0.5, 0.6) is 0 Å². The Balaban J connectivity index is 1.49. The lowest BCUT2D eigenvalue weighted by atomic mass is 10.1. The van der Waals surface area contributed by atoms with Gasteiger partial charge in [-0.25, -0.2) is 4.98 Å². The molecule has 3 N–H and O–H groups in total. The highest BCUT2D eigenvalue weighted by Crippen LogP contribution is 2.32. The van der Waals surface area contributed by atoms with Crippen LogP contribution in [0.25, 0.3) is 0 Å². The summed E-state index contributed by atoms with van der Waals surface area (Å²) in [6.45, 7) is 2.64. The third kappa shape index (κ3) is 2.80. The van der Waals surface area contributed by atoms with Gasteiger partial charge in [0.2, 0.25) is 5.91 Å². The van der Waals surface area contributed by atoms with Gasteiger partial charge in [0.05, 0.1) is 5.69 Å². The zero-order valence-electron chi connectivity index (χ0n) is 11.0. The number of nitrogens with two attached hydrogens (primary N) is 1. The van der Waals surface area contributed by atoms with Crippen molar-refractivity contribution in [2.24, 2.45) is 11.8 Å². The quantitative estimate of drug-likeness (QED) is 0.857. The van der Waals surface area contributed by atoms with E-state index in [1.54, 1.807) is 6.20 Å². The van der Waals surface area contributed by atoms with Crippen LogP contribution in [0.2, 0.25) is 0 Å². The lowest BCUT2D eigenvalue weighted by Crippen LogP contribution is -2.30. The van der Waals surface area contributed by atoms with E-state index in [-0.39, 0.29) is 0 Å². The van der Waals surface area contributed by atoms with E-state index in [1.807, 2.05) is 17.0 Å². The van der Waals surface area contributed by atoms with Crippen molar-refractivity contribution in [2.45, 2.75) is 19.3 Å². The number of pyridine rings is 1. The molecule has 0 aromatic carbocycles. The Kier molecular flexibility index (Phi) is 3.27. The van der Waals surface area contributed by atoms with Crippen molar-refractivity contribution < 1.29 is 4.79 Å². The summed E-state index contributed by atoms with van der Waals surface area (Å²) < 4.78 is 0. The Morgan fingerprint density at radius 1 is 1.47 bits per heavy atom. The molecule has 0 bridgehead atoms.